The Morgan fingerprint density at radius 2 is 1.73 bits per heavy atom. The highest BCUT2D eigenvalue weighted by atomic mass is 16.7. The van der Waals surface area contributed by atoms with Crippen LogP contribution in [0.4, 0.5) is 0 Å². The van der Waals surface area contributed by atoms with Crippen LogP contribution in [-0.4, -0.2) is 11.6 Å². The van der Waals surface area contributed by atoms with Crippen LogP contribution in [0, 0.1) is 0 Å². The Morgan fingerprint density at radius 1 is 1.18 bits per heavy atom. The molecule has 0 radical (unpaired) electrons. The molecule has 2 heteroatoms. The summed E-state index contributed by atoms with van der Waals surface area (Å²) >= 11 is 0. The van der Waals surface area contributed by atoms with E-state index >= 15 is 0 Å². The highest BCUT2D eigenvalue weighted by molar-refractivity contribution is 4.70. The van der Waals surface area contributed by atoms with E-state index < -0.39 is 0 Å². The van der Waals surface area contributed by atoms with Gasteiger partial charge in [0.1, 0.15) is 0 Å². The number of nitrogens with one attached hydrogen (secondary N) is 1. The molecule has 1 rings (SSSR count). The first kappa shape index (κ1) is 9.01. The van der Waals surface area contributed by atoms with Gasteiger partial charge in [-0.05, 0) is 33.6 Å². The lowest BCUT2D eigenvalue weighted by Gasteiger charge is -2.22. The molecule has 11 heavy (non-hydrogen) atoms. The van der Waals surface area contributed by atoms with E-state index in [1.165, 1.54) is 25.7 Å². The molecule has 0 heterocycles. The number of rotatable bonds is 2. The third-order valence-electron chi connectivity index (χ3n) is 1.89. The summed E-state index contributed by atoms with van der Waals surface area (Å²) in [7, 11) is 0. The normalized spacial score (nSPS) is 21.0. The zero-order chi connectivity index (χ0) is 8.32. The zero-order valence-corrected chi connectivity index (χ0v) is 7.81. The Labute approximate surface area is 69.3 Å². The van der Waals surface area contributed by atoms with Gasteiger partial charge in [-0.2, -0.15) is 5.48 Å². The van der Waals surface area contributed by atoms with Gasteiger partial charge in [-0.15, -0.1) is 0 Å². The lowest BCUT2D eigenvalue weighted by Crippen LogP contribution is -2.35. The van der Waals surface area contributed by atoms with E-state index in [0.717, 1.165) is 0 Å². The standard InChI is InChI=1S/C9H19NO/c1-9(2,3)11-10-8-6-4-5-7-8/h8,10H,4-7H2,1-3H3. The van der Waals surface area contributed by atoms with Crippen molar-refractivity contribution < 1.29 is 4.84 Å². The monoisotopic (exact) mass is 157 g/mol. The fourth-order valence-corrected chi connectivity index (χ4v) is 1.30. The maximum Gasteiger partial charge on any atom is 0.0813 e. The predicted molar refractivity (Wildman–Crippen MR) is 46.2 cm³/mol. The first-order chi connectivity index (χ1) is 5.08. The van der Waals surface area contributed by atoms with E-state index in [0.29, 0.717) is 6.04 Å². The van der Waals surface area contributed by atoms with Crippen LogP contribution in [0.1, 0.15) is 46.5 Å². The van der Waals surface area contributed by atoms with Crippen molar-refractivity contribution in [3.63, 3.8) is 0 Å². The van der Waals surface area contributed by atoms with Crippen LogP contribution in [0.2, 0.25) is 0 Å². The molecule has 0 aromatic heterocycles. The molecule has 0 amide bonds. The average molecular weight is 157 g/mol. The SMILES string of the molecule is CC(C)(C)ONC1CCCC1. The number of hydrogen-bond donors (Lipinski definition) is 1. The molecule has 0 bridgehead atoms. The summed E-state index contributed by atoms with van der Waals surface area (Å²) < 4.78 is 0. The van der Waals surface area contributed by atoms with Gasteiger partial charge in [0.25, 0.3) is 0 Å². The Morgan fingerprint density at radius 3 is 2.18 bits per heavy atom. The molecule has 0 aromatic carbocycles. The lowest BCUT2D eigenvalue weighted by molar-refractivity contribution is -0.0873. The highest BCUT2D eigenvalue weighted by Crippen LogP contribution is 2.18. The third kappa shape index (κ3) is 3.73. The van der Waals surface area contributed by atoms with Crippen molar-refractivity contribution in [2.45, 2.75) is 58.1 Å². The van der Waals surface area contributed by atoms with Crippen LogP contribution in [0.15, 0.2) is 0 Å². The van der Waals surface area contributed by atoms with E-state index in [2.05, 4.69) is 26.3 Å². The lowest BCUT2D eigenvalue weighted by atomic mass is 10.2. The van der Waals surface area contributed by atoms with Crippen LogP contribution in [-0.2, 0) is 4.84 Å². The van der Waals surface area contributed by atoms with Crippen molar-refractivity contribution in [3.05, 3.63) is 0 Å². The van der Waals surface area contributed by atoms with Gasteiger partial charge in [-0.25, -0.2) is 0 Å². The summed E-state index contributed by atoms with van der Waals surface area (Å²) in [5.74, 6) is 0. The van der Waals surface area contributed by atoms with Gasteiger partial charge in [-0.3, -0.25) is 4.84 Å². The maximum atomic E-state index is 5.46. The van der Waals surface area contributed by atoms with Crippen LogP contribution >= 0.6 is 0 Å². The molecule has 1 aliphatic carbocycles. The van der Waals surface area contributed by atoms with E-state index in [1.807, 2.05) is 0 Å². The molecule has 1 N–H and O–H groups in total. The maximum absolute atomic E-state index is 5.46. The molecule has 2 nitrogen and oxygen atoms in total. The molecule has 0 aliphatic heterocycles. The van der Waals surface area contributed by atoms with E-state index in [4.69, 9.17) is 4.84 Å². The fourth-order valence-electron chi connectivity index (χ4n) is 1.30. The summed E-state index contributed by atoms with van der Waals surface area (Å²) in [6, 6.07) is 0.606. The van der Waals surface area contributed by atoms with Gasteiger partial charge < -0.3 is 0 Å². The van der Waals surface area contributed by atoms with Gasteiger partial charge in [0.15, 0.2) is 0 Å². The minimum Gasteiger partial charge on any atom is -0.296 e. The Balaban J connectivity index is 2.11. The second-order valence-corrected chi connectivity index (χ2v) is 4.31. The average Bonchev–Trinajstić information content (AvgIpc) is 2.32. The molecule has 0 spiro atoms. The van der Waals surface area contributed by atoms with Gasteiger partial charge in [0.2, 0.25) is 0 Å². The van der Waals surface area contributed by atoms with Crippen LogP contribution in [0.3, 0.4) is 0 Å². The van der Waals surface area contributed by atoms with Gasteiger partial charge in [0, 0.05) is 6.04 Å². The fraction of sp³-hybridized carbons (Fsp3) is 1.00. The predicted octanol–water partition coefficient (Wildman–Crippen LogP) is 2.25. The molecule has 1 aliphatic rings. The Kier molecular flexibility index (Phi) is 2.90. The van der Waals surface area contributed by atoms with Gasteiger partial charge in [0.05, 0.1) is 5.60 Å². The third-order valence-corrected chi connectivity index (χ3v) is 1.89. The van der Waals surface area contributed by atoms with Crippen molar-refractivity contribution in [1.82, 2.24) is 5.48 Å². The van der Waals surface area contributed by atoms with E-state index in [-0.39, 0.29) is 5.60 Å². The highest BCUT2D eigenvalue weighted by Gasteiger charge is 2.18. The second kappa shape index (κ2) is 3.55. The topological polar surface area (TPSA) is 21.3 Å². The van der Waals surface area contributed by atoms with Crippen molar-refractivity contribution in [2.24, 2.45) is 0 Å². The first-order valence-corrected chi connectivity index (χ1v) is 4.51. The largest absolute Gasteiger partial charge is 0.296 e. The van der Waals surface area contributed by atoms with E-state index in [1.54, 1.807) is 0 Å². The summed E-state index contributed by atoms with van der Waals surface area (Å²) in [5.41, 5.74) is 3.07. The summed E-state index contributed by atoms with van der Waals surface area (Å²) in [5, 5.41) is 0. The molecule has 1 fully saturated rings. The molecule has 0 aromatic rings. The number of hydrogen-bond acceptors (Lipinski definition) is 2. The summed E-state index contributed by atoms with van der Waals surface area (Å²) in [6.07, 6.45) is 5.25. The van der Waals surface area contributed by atoms with Crippen molar-refractivity contribution >= 4 is 0 Å². The molecule has 0 unspecified atom stereocenters. The Bertz CT molecular complexity index is 111. The van der Waals surface area contributed by atoms with Crippen LogP contribution < -0.4 is 5.48 Å². The Hall–Kier alpha value is -0.0800. The summed E-state index contributed by atoms with van der Waals surface area (Å²) in [4.78, 5) is 5.46. The molecular formula is C9H19NO. The molecule has 0 atom stereocenters. The minimum atomic E-state index is -0.0530. The molecule has 66 valence electrons. The second-order valence-electron chi connectivity index (χ2n) is 4.31. The number of hydroxylamine groups is 1. The van der Waals surface area contributed by atoms with Crippen molar-refractivity contribution in [1.29, 1.82) is 0 Å². The first-order valence-electron chi connectivity index (χ1n) is 4.51. The zero-order valence-electron chi connectivity index (χ0n) is 7.81. The van der Waals surface area contributed by atoms with Crippen molar-refractivity contribution in [3.8, 4) is 0 Å². The minimum absolute atomic E-state index is 0.0530. The smallest absolute Gasteiger partial charge is 0.0813 e. The quantitative estimate of drug-likeness (QED) is 0.621. The van der Waals surface area contributed by atoms with E-state index in [9.17, 15) is 0 Å². The van der Waals surface area contributed by atoms with Crippen LogP contribution in [0.25, 0.3) is 0 Å². The van der Waals surface area contributed by atoms with Gasteiger partial charge in [-0.1, -0.05) is 12.8 Å². The van der Waals surface area contributed by atoms with Gasteiger partial charge >= 0.3 is 0 Å². The van der Waals surface area contributed by atoms with Crippen LogP contribution in [0.5, 0.6) is 0 Å². The molecule has 0 saturated heterocycles. The molecule has 1 saturated carbocycles. The van der Waals surface area contributed by atoms with Crippen molar-refractivity contribution in [2.75, 3.05) is 0 Å². The summed E-state index contributed by atoms with van der Waals surface area (Å²) in [6.45, 7) is 6.19. The molecular weight excluding hydrogens is 138 g/mol.